The molecule has 2 aromatic rings. The molecular formula is C20H25N5O. The predicted octanol–water partition coefficient (Wildman–Crippen LogP) is 1.54. The molecule has 1 atom stereocenters. The summed E-state index contributed by atoms with van der Waals surface area (Å²) in [5.41, 5.74) is 5.39. The summed E-state index contributed by atoms with van der Waals surface area (Å²) in [4.78, 5) is 9.00. The number of likely N-dealkylation sites (N-methyl/N-ethyl adjacent to an activating group) is 1. The standard InChI is InChI=1S/C20H25N5O/c1-24-11-13-25(14-12-24)19-20(15-22-23-19,17-7-9-21-10-8-17)16-3-5-18(26-2)6-4-16/h3-10,22H,11-15H2,1-2H3. The van der Waals surface area contributed by atoms with Crippen LogP contribution < -0.4 is 10.2 Å². The molecule has 136 valence electrons. The summed E-state index contributed by atoms with van der Waals surface area (Å²) < 4.78 is 5.35. The number of amidine groups is 1. The first kappa shape index (κ1) is 16.8. The van der Waals surface area contributed by atoms with Crippen molar-refractivity contribution in [3.63, 3.8) is 0 Å². The molecular weight excluding hydrogens is 326 g/mol. The lowest BCUT2D eigenvalue weighted by molar-refractivity contribution is 0.210. The van der Waals surface area contributed by atoms with E-state index in [0.29, 0.717) is 0 Å². The number of rotatable bonds is 3. The molecule has 1 saturated heterocycles. The summed E-state index contributed by atoms with van der Waals surface area (Å²) in [5.74, 6) is 1.96. The maximum Gasteiger partial charge on any atom is 0.141 e. The molecule has 0 amide bonds. The van der Waals surface area contributed by atoms with E-state index in [-0.39, 0.29) is 5.41 Å². The Morgan fingerprint density at radius 1 is 0.962 bits per heavy atom. The molecule has 0 radical (unpaired) electrons. The monoisotopic (exact) mass is 351 g/mol. The summed E-state index contributed by atoms with van der Waals surface area (Å²) >= 11 is 0. The average molecular weight is 351 g/mol. The van der Waals surface area contributed by atoms with Crippen molar-refractivity contribution < 1.29 is 4.74 Å². The number of hydrazone groups is 1. The van der Waals surface area contributed by atoms with Crippen LogP contribution in [0.2, 0.25) is 0 Å². The third kappa shape index (κ3) is 2.80. The van der Waals surface area contributed by atoms with Gasteiger partial charge in [-0.25, -0.2) is 0 Å². The summed E-state index contributed by atoms with van der Waals surface area (Å²) in [6, 6.07) is 12.6. The van der Waals surface area contributed by atoms with Crippen LogP contribution in [-0.4, -0.2) is 67.5 Å². The number of nitrogens with one attached hydrogen (secondary N) is 1. The van der Waals surface area contributed by atoms with E-state index in [1.165, 1.54) is 11.1 Å². The predicted molar refractivity (Wildman–Crippen MR) is 103 cm³/mol. The van der Waals surface area contributed by atoms with Crippen LogP contribution in [-0.2, 0) is 5.41 Å². The Balaban J connectivity index is 1.79. The van der Waals surface area contributed by atoms with Gasteiger partial charge < -0.3 is 20.0 Å². The number of hydrogen-bond donors (Lipinski definition) is 1. The van der Waals surface area contributed by atoms with Crippen molar-refractivity contribution in [2.24, 2.45) is 5.10 Å². The summed E-state index contributed by atoms with van der Waals surface area (Å²) in [5, 5.41) is 4.76. The van der Waals surface area contributed by atoms with Crippen molar-refractivity contribution in [2.45, 2.75) is 5.41 Å². The van der Waals surface area contributed by atoms with E-state index in [2.05, 4.69) is 51.5 Å². The second-order valence-electron chi connectivity index (χ2n) is 6.93. The summed E-state index contributed by atoms with van der Waals surface area (Å²) in [6.07, 6.45) is 3.72. The van der Waals surface area contributed by atoms with E-state index in [0.717, 1.165) is 44.3 Å². The molecule has 2 aliphatic rings. The van der Waals surface area contributed by atoms with Gasteiger partial charge in [-0.15, -0.1) is 0 Å². The molecule has 1 aromatic carbocycles. The van der Waals surface area contributed by atoms with Crippen LogP contribution in [0.3, 0.4) is 0 Å². The van der Waals surface area contributed by atoms with Gasteiger partial charge in [-0.05, 0) is 42.4 Å². The van der Waals surface area contributed by atoms with Gasteiger partial charge >= 0.3 is 0 Å². The Morgan fingerprint density at radius 2 is 1.62 bits per heavy atom. The zero-order valence-corrected chi connectivity index (χ0v) is 15.4. The van der Waals surface area contributed by atoms with Gasteiger partial charge in [0.1, 0.15) is 11.6 Å². The van der Waals surface area contributed by atoms with Crippen LogP contribution in [0.25, 0.3) is 0 Å². The first-order valence-electron chi connectivity index (χ1n) is 9.03. The van der Waals surface area contributed by atoms with Gasteiger partial charge in [0.2, 0.25) is 0 Å². The van der Waals surface area contributed by atoms with E-state index >= 15 is 0 Å². The largest absolute Gasteiger partial charge is 0.497 e. The fourth-order valence-electron chi connectivity index (χ4n) is 3.91. The van der Waals surface area contributed by atoms with Crippen LogP contribution >= 0.6 is 0 Å². The quantitative estimate of drug-likeness (QED) is 0.909. The Bertz CT molecular complexity index is 769. The highest BCUT2D eigenvalue weighted by atomic mass is 16.5. The van der Waals surface area contributed by atoms with Crippen molar-refractivity contribution in [1.82, 2.24) is 20.2 Å². The van der Waals surface area contributed by atoms with Crippen LogP contribution in [0.1, 0.15) is 11.1 Å². The Hall–Kier alpha value is -2.60. The van der Waals surface area contributed by atoms with Crippen molar-refractivity contribution in [1.29, 1.82) is 0 Å². The first-order chi connectivity index (χ1) is 12.7. The van der Waals surface area contributed by atoms with Gasteiger partial charge in [0.25, 0.3) is 0 Å². The highest BCUT2D eigenvalue weighted by Gasteiger charge is 2.46. The van der Waals surface area contributed by atoms with E-state index in [1.54, 1.807) is 7.11 Å². The maximum absolute atomic E-state index is 5.35. The van der Waals surface area contributed by atoms with Crippen LogP contribution in [0.15, 0.2) is 53.9 Å². The van der Waals surface area contributed by atoms with Gasteiger partial charge in [0, 0.05) is 38.6 Å². The van der Waals surface area contributed by atoms with Crippen molar-refractivity contribution in [2.75, 3.05) is 46.9 Å². The molecule has 6 heteroatoms. The fourth-order valence-corrected chi connectivity index (χ4v) is 3.91. The Kier molecular flexibility index (Phi) is 4.51. The minimum atomic E-state index is -0.314. The topological polar surface area (TPSA) is 53.0 Å². The minimum absolute atomic E-state index is 0.314. The summed E-state index contributed by atoms with van der Waals surface area (Å²) in [7, 11) is 3.87. The third-order valence-corrected chi connectivity index (χ3v) is 5.47. The number of benzene rings is 1. The Labute approximate surface area is 154 Å². The molecule has 2 aliphatic heterocycles. The number of pyridine rings is 1. The molecule has 0 saturated carbocycles. The lowest BCUT2D eigenvalue weighted by Gasteiger charge is -2.40. The van der Waals surface area contributed by atoms with Crippen LogP contribution in [0, 0.1) is 0 Å². The number of nitrogens with zero attached hydrogens (tertiary/aromatic N) is 4. The molecule has 0 spiro atoms. The van der Waals surface area contributed by atoms with E-state index in [4.69, 9.17) is 9.84 Å². The van der Waals surface area contributed by atoms with Crippen LogP contribution in [0.5, 0.6) is 5.75 Å². The number of piperazine rings is 1. The molecule has 4 rings (SSSR count). The number of methoxy groups -OCH3 is 1. The van der Waals surface area contributed by atoms with Gasteiger partial charge in [0.05, 0.1) is 19.1 Å². The molecule has 1 N–H and O–H groups in total. The fraction of sp³-hybridized carbons (Fsp3) is 0.400. The normalized spacial score (nSPS) is 23.5. The molecule has 1 fully saturated rings. The molecule has 1 aromatic heterocycles. The smallest absolute Gasteiger partial charge is 0.141 e. The molecule has 26 heavy (non-hydrogen) atoms. The zero-order chi connectivity index (χ0) is 18.0. The highest BCUT2D eigenvalue weighted by molar-refractivity contribution is 5.98. The second-order valence-corrected chi connectivity index (χ2v) is 6.93. The van der Waals surface area contributed by atoms with Gasteiger partial charge in [-0.2, -0.15) is 5.10 Å². The number of aromatic nitrogens is 1. The number of ether oxygens (including phenoxy) is 1. The minimum Gasteiger partial charge on any atom is -0.497 e. The molecule has 0 aliphatic carbocycles. The summed E-state index contributed by atoms with van der Waals surface area (Å²) in [6.45, 7) is 4.81. The molecule has 3 heterocycles. The third-order valence-electron chi connectivity index (χ3n) is 5.47. The maximum atomic E-state index is 5.35. The highest BCUT2D eigenvalue weighted by Crippen LogP contribution is 2.38. The Morgan fingerprint density at radius 3 is 2.27 bits per heavy atom. The first-order valence-corrected chi connectivity index (χ1v) is 9.03. The lowest BCUT2D eigenvalue weighted by atomic mass is 9.73. The lowest BCUT2D eigenvalue weighted by Crippen LogP contribution is -2.54. The van der Waals surface area contributed by atoms with E-state index in [9.17, 15) is 0 Å². The van der Waals surface area contributed by atoms with E-state index in [1.807, 2.05) is 24.5 Å². The number of hydrogen-bond acceptors (Lipinski definition) is 6. The van der Waals surface area contributed by atoms with Gasteiger partial charge in [-0.1, -0.05) is 12.1 Å². The van der Waals surface area contributed by atoms with Gasteiger partial charge in [-0.3, -0.25) is 4.98 Å². The second kappa shape index (κ2) is 6.96. The molecule has 1 unspecified atom stereocenters. The van der Waals surface area contributed by atoms with Crippen molar-refractivity contribution >= 4 is 5.84 Å². The molecule has 6 nitrogen and oxygen atoms in total. The average Bonchev–Trinajstić information content (AvgIpc) is 3.15. The molecule has 0 bridgehead atoms. The van der Waals surface area contributed by atoms with Crippen molar-refractivity contribution in [3.05, 3.63) is 59.9 Å². The van der Waals surface area contributed by atoms with Crippen molar-refractivity contribution in [3.8, 4) is 5.75 Å². The SMILES string of the molecule is COc1ccc(C2(c3ccncc3)CNN=C2N2CCN(C)CC2)cc1. The van der Waals surface area contributed by atoms with Crippen LogP contribution in [0.4, 0.5) is 0 Å². The zero-order valence-electron chi connectivity index (χ0n) is 15.4. The van der Waals surface area contributed by atoms with Gasteiger partial charge in [0.15, 0.2) is 0 Å². The van der Waals surface area contributed by atoms with E-state index < -0.39 is 0 Å².